The van der Waals surface area contributed by atoms with E-state index in [0.717, 1.165) is 0 Å². The van der Waals surface area contributed by atoms with Crippen molar-refractivity contribution in [3.8, 4) is 0 Å². The molecular formula is C30H35ClFN3O7. The van der Waals surface area contributed by atoms with Gasteiger partial charge in [-0.25, -0.2) is 9.18 Å². The molecule has 2 aliphatic heterocycles. The van der Waals surface area contributed by atoms with Gasteiger partial charge in [-0.3, -0.25) is 24.6 Å². The zero-order valence-corrected chi connectivity index (χ0v) is 24.7. The van der Waals surface area contributed by atoms with Crippen LogP contribution in [0, 0.1) is 27.8 Å². The van der Waals surface area contributed by atoms with Crippen molar-refractivity contribution in [3.05, 3.63) is 86.9 Å². The van der Waals surface area contributed by atoms with Gasteiger partial charge in [-0.05, 0) is 63.4 Å². The van der Waals surface area contributed by atoms with Crippen LogP contribution in [-0.2, 0) is 19.1 Å². The number of rotatable bonds is 8. The highest BCUT2D eigenvalue weighted by Gasteiger charge is 2.55. The highest BCUT2D eigenvalue weighted by molar-refractivity contribution is 5.98. The van der Waals surface area contributed by atoms with Gasteiger partial charge < -0.3 is 14.8 Å². The number of benzene rings is 2. The van der Waals surface area contributed by atoms with E-state index < -0.39 is 40.2 Å². The topological polar surface area (TPSA) is 128 Å². The standard InChI is InChI=1S/C30H34FN3O7.ClH/c1-5-41-29(37)26-25(21-7-6-8-23(17-21)34(38)39)24(28(36)40-4)18(2)32-30(26,3)33-15-13-20(14-16-33)27(35)19-9-11-22(31)12-10-19;/h6-12,17,20,25-26,32H,5,13-16H2,1-4H3;1H. The average molecular weight is 604 g/mol. The van der Waals surface area contributed by atoms with Crippen LogP contribution in [0.15, 0.2) is 59.8 Å². The number of nitro groups is 1. The van der Waals surface area contributed by atoms with Crippen LogP contribution in [0.1, 0.15) is 55.5 Å². The molecule has 226 valence electrons. The number of nitro benzene ring substituents is 1. The number of nitrogens with zero attached hydrogens (tertiary/aromatic N) is 2. The van der Waals surface area contributed by atoms with Gasteiger partial charge in [-0.1, -0.05) is 12.1 Å². The molecule has 0 saturated carbocycles. The number of non-ortho nitro benzene ring substituents is 1. The molecule has 0 spiro atoms. The molecule has 0 aromatic heterocycles. The lowest BCUT2D eigenvalue weighted by molar-refractivity contribution is -0.384. The molecule has 10 nitrogen and oxygen atoms in total. The molecule has 2 aromatic carbocycles. The number of carbonyl (C=O) groups is 3. The first-order valence-electron chi connectivity index (χ1n) is 13.5. The summed E-state index contributed by atoms with van der Waals surface area (Å²) in [5.74, 6) is -3.89. The Bertz CT molecular complexity index is 1380. The normalized spacial score (nSPS) is 22.9. The molecule has 3 atom stereocenters. The maximum Gasteiger partial charge on any atom is 0.336 e. The summed E-state index contributed by atoms with van der Waals surface area (Å²) in [5, 5.41) is 15.0. The molecule has 4 rings (SSSR count). The van der Waals surface area contributed by atoms with Gasteiger partial charge >= 0.3 is 11.9 Å². The van der Waals surface area contributed by atoms with Crippen LogP contribution in [0.25, 0.3) is 0 Å². The Morgan fingerprint density at radius 1 is 1.14 bits per heavy atom. The summed E-state index contributed by atoms with van der Waals surface area (Å²) < 4.78 is 24.0. The highest BCUT2D eigenvalue weighted by atomic mass is 35.5. The van der Waals surface area contributed by atoms with Crippen molar-refractivity contribution in [2.45, 2.75) is 45.2 Å². The first-order chi connectivity index (χ1) is 19.5. The molecular weight excluding hydrogens is 569 g/mol. The largest absolute Gasteiger partial charge is 0.466 e. The second-order valence-electron chi connectivity index (χ2n) is 10.5. The van der Waals surface area contributed by atoms with Crippen LogP contribution in [-0.4, -0.2) is 60.0 Å². The number of methoxy groups -OCH3 is 1. The number of halogens is 2. The summed E-state index contributed by atoms with van der Waals surface area (Å²) in [6.07, 6.45) is 0.994. The minimum Gasteiger partial charge on any atom is -0.466 e. The fraction of sp³-hybridized carbons (Fsp3) is 0.433. The van der Waals surface area contributed by atoms with E-state index in [4.69, 9.17) is 9.47 Å². The van der Waals surface area contributed by atoms with E-state index in [0.29, 0.717) is 42.8 Å². The molecule has 42 heavy (non-hydrogen) atoms. The molecule has 0 bridgehead atoms. The van der Waals surface area contributed by atoms with Crippen LogP contribution in [0.3, 0.4) is 0 Å². The highest BCUT2D eigenvalue weighted by Crippen LogP contribution is 2.47. The van der Waals surface area contributed by atoms with Crippen molar-refractivity contribution in [2.75, 3.05) is 26.8 Å². The lowest BCUT2D eigenvalue weighted by atomic mass is 9.69. The minimum atomic E-state index is -1.08. The van der Waals surface area contributed by atoms with Crippen molar-refractivity contribution in [1.82, 2.24) is 10.2 Å². The van der Waals surface area contributed by atoms with E-state index in [1.54, 1.807) is 19.9 Å². The molecule has 2 aliphatic rings. The summed E-state index contributed by atoms with van der Waals surface area (Å²) in [7, 11) is 1.24. The van der Waals surface area contributed by atoms with Gasteiger partial charge in [-0.15, -0.1) is 12.4 Å². The second-order valence-corrected chi connectivity index (χ2v) is 10.5. The summed E-state index contributed by atoms with van der Waals surface area (Å²) >= 11 is 0. The quantitative estimate of drug-likeness (QED) is 0.196. The van der Waals surface area contributed by atoms with Crippen LogP contribution < -0.4 is 5.32 Å². The van der Waals surface area contributed by atoms with Gasteiger partial charge in [-0.2, -0.15) is 0 Å². The van der Waals surface area contributed by atoms with Gasteiger partial charge in [0.1, 0.15) is 17.4 Å². The number of piperidine rings is 1. The van der Waals surface area contributed by atoms with Crippen molar-refractivity contribution >= 4 is 35.8 Å². The van der Waals surface area contributed by atoms with Gasteiger partial charge in [0, 0.05) is 48.3 Å². The van der Waals surface area contributed by atoms with Crippen molar-refractivity contribution in [1.29, 1.82) is 0 Å². The van der Waals surface area contributed by atoms with Gasteiger partial charge in [0.05, 0.1) is 24.2 Å². The Hall–Kier alpha value is -3.83. The van der Waals surface area contributed by atoms with Crippen LogP contribution in [0.4, 0.5) is 10.1 Å². The fourth-order valence-corrected chi connectivity index (χ4v) is 6.16. The Morgan fingerprint density at radius 2 is 1.79 bits per heavy atom. The lowest BCUT2D eigenvalue weighted by Gasteiger charge is -2.53. The number of ether oxygens (including phenoxy) is 2. The van der Waals surface area contributed by atoms with E-state index in [2.05, 4.69) is 10.2 Å². The smallest absolute Gasteiger partial charge is 0.336 e. The molecule has 1 fully saturated rings. The van der Waals surface area contributed by atoms with E-state index in [1.165, 1.54) is 49.6 Å². The SMILES string of the molecule is CCOC(=O)C1C(c2cccc([N+](=O)[O-])c2)C(C(=O)OC)=C(C)NC1(C)N1CCC(C(=O)c2ccc(F)cc2)CC1.Cl. The Balaban J connectivity index is 0.00000484. The van der Waals surface area contributed by atoms with Crippen molar-refractivity contribution in [3.63, 3.8) is 0 Å². The van der Waals surface area contributed by atoms with E-state index in [-0.39, 0.29) is 42.0 Å². The van der Waals surface area contributed by atoms with Crippen molar-refractivity contribution < 1.29 is 33.2 Å². The molecule has 0 amide bonds. The van der Waals surface area contributed by atoms with Crippen LogP contribution in [0.2, 0.25) is 0 Å². The number of ketones is 1. The molecule has 2 heterocycles. The number of carbonyl (C=O) groups excluding carboxylic acids is 3. The second kappa shape index (κ2) is 13.4. The van der Waals surface area contributed by atoms with Crippen LogP contribution in [0.5, 0.6) is 0 Å². The monoisotopic (exact) mass is 603 g/mol. The maximum absolute atomic E-state index is 13.7. The molecule has 1 saturated heterocycles. The molecule has 0 aliphatic carbocycles. The van der Waals surface area contributed by atoms with E-state index in [1.807, 2.05) is 6.92 Å². The predicted octanol–water partition coefficient (Wildman–Crippen LogP) is 4.78. The van der Waals surface area contributed by atoms with Crippen LogP contribution >= 0.6 is 12.4 Å². The van der Waals surface area contributed by atoms with E-state index >= 15 is 0 Å². The molecule has 12 heteroatoms. The third kappa shape index (κ3) is 6.32. The first-order valence-corrected chi connectivity index (χ1v) is 13.5. The number of likely N-dealkylation sites (tertiary alicyclic amines) is 1. The maximum atomic E-state index is 13.7. The molecule has 0 radical (unpaired) electrons. The minimum absolute atomic E-state index is 0. The third-order valence-electron chi connectivity index (χ3n) is 8.13. The number of esters is 2. The summed E-state index contributed by atoms with van der Waals surface area (Å²) in [4.78, 5) is 53.1. The summed E-state index contributed by atoms with van der Waals surface area (Å²) in [5.41, 5.74) is 0.264. The van der Waals surface area contributed by atoms with Crippen molar-refractivity contribution in [2.24, 2.45) is 11.8 Å². The van der Waals surface area contributed by atoms with Gasteiger partial charge in [0.15, 0.2) is 5.78 Å². The Labute approximate surface area is 249 Å². The number of hydrogen-bond donors (Lipinski definition) is 1. The third-order valence-corrected chi connectivity index (χ3v) is 8.13. The van der Waals surface area contributed by atoms with E-state index in [9.17, 15) is 28.9 Å². The molecule has 2 aromatic rings. The first kappa shape index (κ1) is 32.7. The number of allylic oxidation sites excluding steroid dienone is 1. The number of Topliss-reactive ketones (excluding diaryl/α,β-unsaturated/α-hetero) is 1. The summed E-state index contributed by atoms with van der Waals surface area (Å²) in [6.45, 7) is 6.22. The average Bonchev–Trinajstić information content (AvgIpc) is 2.96. The van der Waals surface area contributed by atoms with Gasteiger partial charge in [0.25, 0.3) is 5.69 Å². The Kier molecular flexibility index (Phi) is 10.5. The number of hydrogen-bond acceptors (Lipinski definition) is 9. The Morgan fingerprint density at radius 3 is 2.36 bits per heavy atom. The molecule has 1 N–H and O–H groups in total. The zero-order chi connectivity index (χ0) is 29.9. The predicted molar refractivity (Wildman–Crippen MR) is 154 cm³/mol. The van der Waals surface area contributed by atoms with Gasteiger partial charge in [0.2, 0.25) is 0 Å². The fourth-order valence-electron chi connectivity index (χ4n) is 6.16. The lowest BCUT2D eigenvalue weighted by Crippen LogP contribution is -2.68. The summed E-state index contributed by atoms with van der Waals surface area (Å²) in [6, 6.07) is 11.4. The zero-order valence-electron chi connectivity index (χ0n) is 23.9. The molecule has 3 unspecified atom stereocenters. The number of nitrogens with one attached hydrogen (secondary N) is 1.